The van der Waals surface area contributed by atoms with Gasteiger partial charge in [0.1, 0.15) is 5.82 Å². The maximum Gasteiger partial charge on any atom is 0.161 e. The number of hydrogen-bond acceptors (Lipinski definition) is 1. The van der Waals surface area contributed by atoms with E-state index in [0.29, 0.717) is 6.07 Å². The summed E-state index contributed by atoms with van der Waals surface area (Å²) in [6.45, 7) is 1.81. The second kappa shape index (κ2) is 4.66. The molecule has 20 heavy (non-hydrogen) atoms. The molecule has 1 aromatic heterocycles. The second-order valence-corrected chi connectivity index (χ2v) is 5.24. The van der Waals surface area contributed by atoms with E-state index in [0.717, 1.165) is 42.3 Å². The minimum absolute atomic E-state index is 0.0387. The molecule has 1 aliphatic rings. The standard InChI is InChI=1S/C15H15F3N2/c1-8-5-9-13(19)3-2-4-14(9)20(8)15-7-11(17)10(16)6-12(15)18/h5-7,13H,2-4,19H2,1H3. The van der Waals surface area contributed by atoms with Gasteiger partial charge in [-0.1, -0.05) is 0 Å². The van der Waals surface area contributed by atoms with Crippen molar-refractivity contribution in [1.82, 2.24) is 4.57 Å². The van der Waals surface area contributed by atoms with E-state index in [1.165, 1.54) is 0 Å². The fourth-order valence-corrected chi connectivity index (χ4v) is 2.96. The summed E-state index contributed by atoms with van der Waals surface area (Å²) in [5.74, 6) is -3.01. The maximum absolute atomic E-state index is 14.0. The smallest absolute Gasteiger partial charge is 0.161 e. The van der Waals surface area contributed by atoms with Crippen LogP contribution in [-0.2, 0) is 6.42 Å². The van der Waals surface area contributed by atoms with Crippen LogP contribution in [0.15, 0.2) is 18.2 Å². The highest BCUT2D eigenvalue weighted by Crippen LogP contribution is 2.33. The van der Waals surface area contributed by atoms with Crippen molar-refractivity contribution >= 4 is 0 Å². The molecule has 106 valence electrons. The summed E-state index contributed by atoms with van der Waals surface area (Å²) in [6, 6.07) is 3.31. The van der Waals surface area contributed by atoms with Crippen molar-refractivity contribution in [3.8, 4) is 5.69 Å². The van der Waals surface area contributed by atoms with Gasteiger partial charge < -0.3 is 10.3 Å². The predicted molar refractivity (Wildman–Crippen MR) is 70.2 cm³/mol. The molecule has 1 heterocycles. The topological polar surface area (TPSA) is 30.9 Å². The van der Waals surface area contributed by atoms with Crippen LogP contribution in [0.25, 0.3) is 5.69 Å². The normalized spacial score (nSPS) is 18.1. The van der Waals surface area contributed by atoms with Crippen LogP contribution in [0.3, 0.4) is 0 Å². The highest BCUT2D eigenvalue weighted by Gasteiger charge is 2.24. The Morgan fingerprint density at radius 2 is 1.80 bits per heavy atom. The van der Waals surface area contributed by atoms with Crippen molar-refractivity contribution in [2.75, 3.05) is 0 Å². The molecule has 0 radical (unpaired) electrons. The first-order valence-electron chi connectivity index (χ1n) is 6.60. The monoisotopic (exact) mass is 280 g/mol. The molecular weight excluding hydrogens is 265 g/mol. The van der Waals surface area contributed by atoms with Crippen LogP contribution in [0.1, 0.15) is 35.8 Å². The van der Waals surface area contributed by atoms with Gasteiger partial charge in [-0.05, 0) is 37.8 Å². The Balaban J connectivity index is 2.23. The summed E-state index contributed by atoms with van der Waals surface area (Å²) in [5.41, 5.74) is 8.74. The average molecular weight is 280 g/mol. The van der Waals surface area contributed by atoms with E-state index in [-0.39, 0.29) is 11.7 Å². The molecule has 2 N–H and O–H groups in total. The zero-order chi connectivity index (χ0) is 14.4. The lowest BCUT2D eigenvalue weighted by Gasteiger charge is -2.21. The molecule has 0 saturated carbocycles. The van der Waals surface area contributed by atoms with E-state index in [9.17, 15) is 13.2 Å². The summed E-state index contributed by atoms with van der Waals surface area (Å²) in [7, 11) is 0. The molecule has 1 aliphatic carbocycles. The largest absolute Gasteiger partial charge is 0.324 e. The molecule has 1 unspecified atom stereocenters. The molecule has 0 bridgehead atoms. The molecule has 3 rings (SSSR count). The molecule has 2 nitrogen and oxygen atoms in total. The summed E-state index contributed by atoms with van der Waals surface area (Å²) in [5, 5.41) is 0. The third kappa shape index (κ3) is 1.93. The van der Waals surface area contributed by atoms with Gasteiger partial charge in [0, 0.05) is 29.6 Å². The van der Waals surface area contributed by atoms with E-state index >= 15 is 0 Å². The van der Waals surface area contributed by atoms with Gasteiger partial charge in [-0.2, -0.15) is 0 Å². The first-order chi connectivity index (χ1) is 9.49. The van der Waals surface area contributed by atoms with Gasteiger partial charge in [-0.3, -0.25) is 0 Å². The van der Waals surface area contributed by atoms with Gasteiger partial charge in [-0.25, -0.2) is 13.2 Å². The summed E-state index contributed by atoms with van der Waals surface area (Å²) in [4.78, 5) is 0. The van der Waals surface area contributed by atoms with Crippen molar-refractivity contribution in [1.29, 1.82) is 0 Å². The quantitative estimate of drug-likeness (QED) is 0.796. The van der Waals surface area contributed by atoms with Crippen LogP contribution in [0.4, 0.5) is 13.2 Å². The number of aromatic nitrogens is 1. The Bertz CT molecular complexity index is 676. The number of halogens is 3. The van der Waals surface area contributed by atoms with E-state index in [2.05, 4.69) is 0 Å². The average Bonchev–Trinajstić information content (AvgIpc) is 2.72. The molecule has 0 saturated heterocycles. The first-order valence-corrected chi connectivity index (χ1v) is 6.60. The van der Waals surface area contributed by atoms with Crippen molar-refractivity contribution in [3.05, 3.63) is 52.6 Å². The lowest BCUT2D eigenvalue weighted by molar-refractivity contribution is 0.491. The SMILES string of the molecule is Cc1cc2c(n1-c1cc(F)c(F)cc1F)CCCC2N. The lowest BCUT2D eigenvalue weighted by Crippen LogP contribution is -2.18. The highest BCUT2D eigenvalue weighted by atomic mass is 19.2. The van der Waals surface area contributed by atoms with Crippen molar-refractivity contribution in [2.24, 2.45) is 5.73 Å². The molecule has 5 heteroatoms. The third-order valence-corrected chi connectivity index (χ3v) is 3.88. The van der Waals surface area contributed by atoms with Gasteiger partial charge in [0.2, 0.25) is 0 Å². The van der Waals surface area contributed by atoms with Gasteiger partial charge >= 0.3 is 0 Å². The van der Waals surface area contributed by atoms with Crippen LogP contribution in [0.2, 0.25) is 0 Å². The van der Waals surface area contributed by atoms with E-state index in [4.69, 9.17) is 5.73 Å². The summed E-state index contributed by atoms with van der Waals surface area (Å²) in [6.07, 6.45) is 2.55. The van der Waals surface area contributed by atoms with Crippen LogP contribution < -0.4 is 5.73 Å². The summed E-state index contributed by atoms with van der Waals surface area (Å²) < 4.78 is 42.1. The zero-order valence-corrected chi connectivity index (χ0v) is 11.1. The van der Waals surface area contributed by atoms with Crippen molar-refractivity contribution < 1.29 is 13.2 Å². The highest BCUT2D eigenvalue weighted by molar-refractivity contribution is 5.44. The number of hydrogen-bond donors (Lipinski definition) is 1. The molecular formula is C15H15F3N2. The molecule has 0 spiro atoms. The van der Waals surface area contributed by atoms with Gasteiger partial charge in [0.15, 0.2) is 11.6 Å². The van der Waals surface area contributed by atoms with Crippen molar-refractivity contribution in [2.45, 2.75) is 32.2 Å². The number of nitrogens with two attached hydrogens (primary N) is 1. The number of nitrogens with zero attached hydrogens (tertiary/aromatic N) is 1. The Hall–Kier alpha value is -1.75. The maximum atomic E-state index is 14.0. The predicted octanol–water partition coefficient (Wildman–Crippen LogP) is 3.54. The molecule has 0 amide bonds. The number of aryl methyl sites for hydroxylation is 1. The molecule has 0 aliphatic heterocycles. The van der Waals surface area contributed by atoms with Gasteiger partial charge in [-0.15, -0.1) is 0 Å². The van der Waals surface area contributed by atoms with E-state index < -0.39 is 17.5 Å². The Morgan fingerprint density at radius 3 is 2.55 bits per heavy atom. The van der Waals surface area contributed by atoms with E-state index in [1.807, 2.05) is 13.0 Å². The molecule has 2 aromatic rings. The molecule has 1 aromatic carbocycles. The Morgan fingerprint density at radius 1 is 1.10 bits per heavy atom. The van der Waals surface area contributed by atoms with Crippen LogP contribution >= 0.6 is 0 Å². The van der Waals surface area contributed by atoms with Crippen LogP contribution in [0.5, 0.6) is 0 Å². The second-order valence-electron chi connectivity index (χ2n) is 5.24. The number of rotatable bonds is 1. The Kier molecular flexibility index (Phi) is 3.09. The molecule has 0 fully saturated rings. The van der Waals surface area contributed by atoms with Gasteiger partial charge in [0.05, 0.1) is 5.69 Å². The molecule has 1 atom stereocenters. The minimum atomic E-state index is -1.18. The van der Waals surface area contributed by atoms with Crippen molar-refractivity contribution in [3.63, 3.8) is 0 Å². The Labute approximate surface area is 115 Å². The fourth-order valence-electron chi connectivity index (χ4n) is 2.96. The van der Waals surface area contributed by atoms with Crippen LogP contribution in [-0.4, -0.2) is 4.57 Å². The third-order valence-electron chi connectivity index (χ3n) is 3.88. The lowest BCUT2D eigenvalue weighted by atomic mass is 9.93. The number of fused-ring (bicyclic) bond motifs is 1. The fraction of sp³-hybridized carbons (Fsp3) is 0.333. The van der Waals surface area contributed by atoms with E-state index in [1.54, 1.807) is 4.57 Å². The minimum Gasteiger partial charge on any atom is -0.324 e. The summed E-state index contributed by atoms with van der Waals surface area (Å²) >= 11 is 0. The first kappa shape index (κ1) is 13.2. The number of benzene rings is 1. The van der Waals surface area contributed by atoms with Gasteiger partial charge in [0.25, 0.3) is 0 Å². The van der Waals surface area contributed by atoms with Crippen LogP contribution in [0, 0.1) is 24.4 Å². The zero-order valence-electron chi connectivity index (χ0n) is 11.1.